The summed E-state index contributed by atoms with van der Waals surface area (Å²) in [6, 6.07) is 5.96. The van der Waals surface area contributed by atoms with Crippen molar-refractivity contribution >= 4 is 21.2 Å². The molecule has 1 fully saturated rings. The van der Waals surface area contributed by atoms with Crippen molar-refractivity contribution in [2.75, 3.05) is 30.9 Å². The van der Waals surface area contributed by atoms with Gasteiger partial charge in [0, 0.05) is 24.9 Å². The van der Waals surface area contributed by atoms with Crippen LogP contribution in [0, 0.1) is 0 Å². The monoisotopic (exact) mass is 297 g/mol. The predicted molar refractivity (Wildman–Crippen MR) is 82.7 cm³/mol. The summed E-state index contributed by atoms with van der Waals surface area (Å²) in [5.74, 6) is 0. The van der Waals surface area contributed by atoms with E-state index in [0.717, 1.165) is 25.1 Å². The first kappa shape index (κ1) is 15.1. The second-order valence-corrected chi connectivity index (χ2v) is 7.67. The van der Waals surface area contributed by atoms with Gasteiger partial charge in [-0.15, -0.1) is 0 Å². The van der Waals surface area contributed by atoms with Crippen molar-refractivity contribution < 1.29 is 8.42 Å². The average molecular weight is 297 g/mol. The van der Waals surface area contributed by atoms with Crippen LogP contribution in [0.25, 0.3) is 0 Å². The number of nitrogen functional groups attached to an aromatic ring is 1. The summed E-state index contributed by atoms with van der Waals surface area (Å²) < 4.78 is 23.4. The fraction of sp³-hybridized carbons (Fsp3) is 0.571. The van der Waals surface area contributed by atoms with E-state index in [4.69, 9.17) is 5.73 Å². The lowest BCUT2D eigenvalue weighted by molar-refractivity contribution is 0.190. The lowest BCUT2D eigenvalue weighted by Gasteiger charge is -2.36. The summed E-state index contributed by atoms with van der Waals surface area (Å²) in [5, 5.41) is 3.40. The number of hydrogen-bond acceptors (Lipinski definition) is 5. The lowest BCUT2D eigenvalue weighted by atomic mass is 9.98. The van der Waals surface area contributed by atoms with E-state index in [9.17, 15) is 8.42 Å². The minimum absolute atomic E-state index is 0.198. The number of nitrogens with zero attached hydrogens (tertiary/aromatic N) is 1. The minimum atomic E-state index is -3.29. The van der Waals surface area contributed by atoms with Gasteiger partial charge in [-0.3, -0.25) is 0 Å². The smallest absolute Gasteiger partial charge is 0.177 e. The zero-order valence-corrected chi connectivity index (χ0v) is 13.1. The molecule has 20 heavy (non-hydrogen) atoms. The summed E-state index contributed by atoms with van der Waals surface area (Å²) in [4.78, 5) is 2.53. The zero-order chi connectivity index (χ0) is 14.9. The number of rotatable bonds is 3. The summed E-state index contributed by atoms with van der Waals surface area (Å²) in [5.41, 5.74) is 7.03. The number of nitrogens with one attached hydrogen (secondary N) is 1. The lowest BCUT2D eigenvalue weighted by Crippen LogP contribution is -2.42. The molecule has 2 atom stereocenters. The normalized spacial score (nSPS) is 24.6. The maximum atomic E-state index is 11.7. The Morgan fingerprint density at radius 3 is 2.70 bits per heavy atom. The number of nitrogens with two attached hydrogens (primary N) is 1. The molecule has 1 aliphatic heterocycles. The number of hydrogen-bond donors (Lipinski definition) is 2. The van der Waals surface area contributed by atoms with Crippen LogP contribution in [0.1, 0.15) is 19.8 Å². The van der Waals surface area contributed by atoms with Gasteiger partial charge in [0.2, 0.25) is 0 Å². The summed E-state index contributed by atoms with van der Waals surface area (Å²) >= 11 is 0. The van der Waals surface area contributed by atoms with Crippen LogP contribution in [0.4, 0.5) is 11.4 Å². The molecule has 3 N–H and O–H groups in total. The van der Waals surface area contributed by atoms with Crippen molar-refractivity contribution in [3.63, 3.8) is 0 Å². The Morgan fingerprint density at radius 2 is 2.10 bits per heavy atom. The van der Waals surface area contributed by atoms with Crippen LogP contribution >= 0.6 is 0 Å². The molecule has 0 bridgehead atoms. The Morgan fingerprint density at radius 1 is 1.40 bits per heavy atom. The van der Waals surface area contributed by atoms with Crippen LogP contribution in [0.5, 0.6) is 0 Å². The van der Waals surface area contributed by atoms with Crippen LogP contribution in [0.2, 0.25) is 0 Å². The molecule has 0 aromatic heterocycles. The topological polar surface area (TPSA) is 75.4 Å². The highest BCUT2D eigenvalue weighted by molar-refractivity contribution is 7.90. The summed E-state index contributed by atoms with van der Waals surface area (Å²) in [6.07, 6.45) is 3.24. The molecule has 1 heterocycles. The van der Waals surface area contributed by atoms with E-state index in [2.05, 4.69) is 24.2 Å². The van der Waals surface area contributed by atoms with Crippen molar-refractivity contribution in [3.8, 4) is 0 Å². The van der Waals surface area contributed by atoms with Gasteiger partial charge in [-0.05, 0) is 38.9 Å². The van der Waals surface area contributed by atoms with Gasteiger partial charge in [0.05, 0.1) is 16.3 Å². The van der Waals surface area contributed by atoms with E-state index >= 15 is 0 Å². The average Bonchev–Trinajstić information content (AvgIpc) is 2.35. The molecule has 0 radical (unpaired) electrons. The van der Waals surface area contributed by atoms with Crippen LogP contribution < -0.4 is 11.1 Å². The molecule has 1 aliphatic rings. The Labute approximate surface area is 121 Å². The Bertz CT molecular complexity index is 586. The Hall–Kier alpha value is -1.27. The highest BCUT2D eigenvalue weighted by Crippen LogP contribution is 2.29. The van der Waals surface area contributed by atoms with Crippen molar-refractivity contribution in [1.29, 1.82) is 0 Å². The Balaban J connectivity index is 2.19. The van der Waals surface area contributed by atoms with E-state index in [1.165, 1.54) is 6.26 Å². The number of likely N-dealkylation sites (tertiary alicyclic amines) is 1. The van der Waals surface area contributed by atoms with Crippen LogP contribution in [-0.4, -0.2) is 45.2 Å². The van der Waals surface area contributed by atoms with Crippen molar-refractivity contribution in [2.45, 2.75) is 36.7 Å². The number of piperidine rings is 1. The summed E-state index contributed by atoms with van der Waals surface area (Å²) in [6.45, 7) is 3.23. The van der Waals surface area contributed by atoms with Gasteiger partial charge in [-0.2, -0.15) is 0 Å². The molecule has 0 spiro atoms. The molecule has 5 nitrogen and oxygen atoms in total. The fourth-order valence-corrected chi connectivity index (χ4v) is 3.47. The maximum Gasteiger partial charge on any atom is 0.177 e. The maximum absolute atomic E-state index is 11.7. The second-order valence-electron chi connectivity index (χ2n) is 5.68. The van der Waals surface area contributed by atoms with Gasteiger partial charge in [-0.1, -0.05) is 6.07 Å². The van der Waals surface area contributed by atoms with E-state index in [1.54, 1.807) is 12.1 Å². The first-order valence-corrected chi connectivity index (χ1v) is 8.73. The molecule has 0 saturated carbocycles. The molecule has 2 rings (SSSR count). The number of benzene rings is 1. The quantitative estimate of drug-likeness (QED) is 0.828. The van der Waals surface area contributed by atoms with Crippen LogP contribution in [-0.2, 0) is 9.84 Å². The zero-order valence-electron chi connectivity index (χ0n) is 12.3. The number of sulfone groups is 1. The highest BCUT2D eigenvalue weighted by atomic mass is 32.2. The van der Waals surface area contributed by atoms with E-state index < -0.39 is 9.84 Å². The molecule has 112 valence electrons. The van der Waals surface area contributed by atoms with Gasteiger partial charge >= 0.3 is 0 Å². The van der Waals surface area contributed by atoms with Gasteiger partial charge in [0.1, 0.15) is 0 Å². The summed E-state index contributed by atoms with van der Waals surface area (Å²) in [7, 11) is -1.17. The standard InChI is InChI=1S/C14H23N3O2S/c1-10-9-11(7-8-17(10)2)16-12-5-4-6-13(14(12)15)20(3,18)19/h4-6,10-11,16H,7-9,15H2,1-3H3. The van der Waals surface area contributed by atoms with Crippen molar-refractivity contribution in [1.82, 2.24) is 4.90 Å². The molecule has 1 saturated heterocycles. The third kappa shape index (κ3) is 3.24. The third-order valence-corrected chi connectivity index (χ3v) is 5.19. The molecule has 1 aromatic rings. The predicted octanol–water partition coefficient (Wildman–Crippen LogP) is 1.57. The van der Waals surface area contributed by atoms with Crippen molar-refractivity contribution in [2.24, 2.45) is 0 Å². The van der Waals surface area contributed by atoms with Crippen LogP contribution in [0.3, 0.4) is 0 Å². The molecule has 1 aromatic carbocycles. The number of para-hydroxylation sites is 1. The minimum Gasteiger partial charge on any atom is -0.396 e. The van der Waals surface area contributed by atoms with Gasteiger partial charge in [0.25, 0.3) is 0 Å². The first-order chi connectivity index (χ1) is 9.29. The van der Waals surface area contributed by atoms with Crippen LogP contribution in [0.15, 0.2) is 23.1 Å². The molecular formula is C14H23N3O2S. The van der Waals surface area contributed by atoms with E-state index in [-0.39, 0.29) is 4.90 Å². The largest absolute Gasteiger partial charge is 0.396 e. The van der Waals surface area contributed by atoms with E-state index in [0.29, 0.717) is 17.8 Å². The molecule has 0 aliphatic carbocycles. The molecule has 0 amide bonds. The van der Waals surface area contributed by atoms with Crippen molar-refractivity contribution in [3.05, 3.63) is 18.2 Å². The van der Waals surface area contributed by atoms with E-state index in [1.807, 2.05) is 6.07 Å². The van der Waals surface area contributed by atoms with Gasteiger partial charge < -0.3 is 16.0 Å². The fourth-order valence-electron chi connectivity index (χ4n) is 2.63. The molecular weight excluding hydrogens is 274 g/mol. The van der Waals surface area contributed by atoms with Gasteiger partial charge in [0.15, 0.2) is 9.84 Å². The Kier molecular flexibility index (Phi) is 4.25. The molecule has 6 heteroatoms. The highest BCUT2D eigenvalue weighted by Gasteiger charge is 2.23. The number of anilines is 2. The van der Waals surface area contributed by atoms with Gasteiger partial charge in [-0.25, -0.2) is 8.42 Å². The first-order valence-electron chi connectivity index (χ1n) is 6.84. The SMILES string of the molecule is CC1CC(Nc2cccc(S(C)(=O)=O)c2N)CCN1C. The molecule has 2 unspecified atom stereocenters. The second kappa shape index (κ2) is 5.61. The third-order valence-electron chi connectivity index (χ3n) is 4.03.